The van der Waals surface area contributed by atoms with Crippen LogP contribution in [0.4, 0.5) is 8.78 Å². The number of benzene rings is 1. The zero-order chi connectivity index (χ0) is 13.5. The summed E-state index contributed by atoms with van der Waals surface area (Å²) < 4.78 is 29.7. The van der Waals surface area contributed by atoms with Gasteiger partial charge in [0, 0.05) is 6.54 Å². The van der Waals surface area contributed by atoms with Gasteiger partial charge in [0.1, 0.15) is 17.3 Å². The Balaban J connectivity index is 2.46. The van der Waals surface area contributed by atoms with Crippen molar-refractivity contribution in [3.05, 3.63) is 29.8 Å². The number of ether oxygens (including phenoxy) is 1. The van der Waals surface area contributed by atoms with Crippen molar-refractivity contribution >= 4 is 17.2 Å². The van der Waals surface area contributed by atoms with E-state index in [-0.39, 0.29) is 11.5 Å². The molecule has 3 nitrogen and oxygen atoms in total. The van der Waals surface area contributed by atoms with Gasteiger partial charge in [-0.3, -0.25) is 4.90 Å². The maximum atomic E-state index is 12.1. The Labute approximate surface area is 111 Å². The van der Waals surface area contributed by atoms with Crippen molar-refractivity contribution in [2.75, 3.05) is 26.7 Å². The molecule has 0 atom stereocenters. The number of alkyl halides is 2. The number of thiocarbonyl (C=S) groups is 1. The molecule has 0 fully saturated rings. The van der Waals surface area contributed by atoms with Crippen molar-refractivity contribution < 1.29 is 13.5 Å². The molecule has 6 heteroatoms. The highest BCUT2D eigenvalue weighted by molar-refractivity contribution is 7.80. The average Bonchev–Trinajstić information content (AvgIpc) is 2.28. The van der Waals surface area contributed by atoms with Crippen LogP contribution in [0.15, 0.2) is 24.3 Å². The first kappa shape index (κ1) is 14.8. The monoisotopic (exact) mass is 274 g/mol. The van der Waals surface area contributed by atoms with Gasteiger partial charge in [0.15, 0.2) is 0 Å². The molecule has 18 heavy (non-hydrogen) atoms. The number of hydrogen-bond acceptors (Lipinski definition) is 3. The highest BCUT2D eigenvalue weighted by atomic mass is 32.1. The van der Waals surface area contributed by atoms with E-state index in [2.05, 4.69) is 0 Å². The molecule has 0 aliphatic carbocycles. The Bertz CT molecular complexity index is 401. The Morgan fingerprint density at radius 2 is 2.11 bits per heavy atom. The fourth-order valence-corrected chi connectivity index (χ4v) is 1.60. The van der Waals surface area contributed by atoms with Gasteiger partial charge in [-0.2, -0.15) is 0 Å². The third-order valence-corrected chi connectivity index (χ3v) is 2.55. The van der Waals surface area contributed by atoms with Crippen LogP contribution in [0.2, 0.25) is 0 Å². The van der Waals surface area contributed by atoms with Crippen LogP contribution >= 0.6 is 12.2 Å². The van der Waals surface area contributed by atoms with E-state index in [0.717, 1.165) is 0 Å². The summed E-state index contributed by atoms with van der Waals surface area (Å²) in [5.41, 5.74) is 6.21. The molecule has 0 aliphatic heterocycles. The SMILES string of the molecule is CN(CCOc1ccccc1C(N)=S)CC(F)F. The third-order valence-electron chi connectivity index (χ3n) is 2.33. The van der Waals surface area contributed by atoms with E-state index >= 15 is 0 Å². The molecule has 0 aliphatic rings. The van der Waals surface area contributed by atoms with Gasteiger partial charge >= 0.3 is 0 Å². The van der Waals surface area contributed by atoms with Crippen molar-refractivity contribution in [1.29, 1.82) is 0 Å². The second-order valence-corrected chi connectivity index (χ2v) is 4.30. The molecule has 100 valence electrons. The first-order valence-corrected chi connectivity index (χ1v) is 5.90. The molecule has 0 radical (unpaired) electrons. The lowest BCUT2D eigenvalue weighted by atomic mass is 10.2. The number of para-hydroxylation sites is 1. The van der Waals surface area contributed by atoms with E-state index in [4.69, 9.17) is 22.7 Å². The quantitative estimate of drug-likeness (QED) is 0.771. The zero-order valence-electron chi connectivity index (χ0n) is 10.1. The number of rotatable bonds is 7. The smallest absolute Gasteiger partial charge is 0.251 e. The van der Waals surface area contributed by atoms with E-state index < -0.39 is 6.43 Å². The molecule has 0 unspecified atom stereocenters. The van der Waals surface area contributed by atoms with Crippen molar-refractivity contribution in [2.45, 2.75) is 6.43 Å². The standard InChI is InChI=1S/C12H16F2N2OS/c1-16(8-11(13)14)6-7-17-10-5-3-2-4-9(10)12(15)18/h2-5,11H,6-8H2,1H3,(H2,15,18). The van der Waals surface area contributed by atoms with E-state index in [0.29, 0.717) is 24.5 Å². The van der Waals surface area contributed by atoms with Gasteiger partial charge in [-0.25, -0.2) is 8.78 Å². The largest absolute Gasteiger partial charge is 0.492 e. The number of nitrogens with two attached hydrogens (primary N) is 1. The summed E-state index contributed by atoms with van der Waals surface area (Å²) in [6, 6.07) is 7.13. The van der Waals surface area contributed by atoms with E-state index in [1.807, 2.05) is 6.07 Å². The second-order valence-electron chi connectivity index (χ2n) is 3.86. The Morgan fingerprint density at radius 3 is 2.72 bits per heavy atom. The van der Waals surface area contributed by atoms with E-state index in [1.54, 1.807) is 25.2 Å². The van der Waals surface area contributed by atoms with Gasteiger partial charge in [0.05, 0.1) is 12.1 Å². The topological polar surface area (TPSA) is 38.5 Å². The summed E-state index contributed by atoms with van der Waals surface area (Å²) in [6.07, 6.45) is -2.33. The summed E-state index contributed by atoms with van der Waals surface area (Å²) in [6.45, 7) is 0.458. The molecule has 1 rings (SSSR count). The lowest BCUT2D eigenvalue weighted by Gasteiger charge is -2.17. The van der Waals surface area contributed by atoms with Crippen molar-refractivity contribution in [2.24, 2.45) is 5.73 Å². The highest BCUT2D eigenvalue weighted by Gasteiger charge is 2.09. The molecular formula is C12H16F2N2OS. The summed E-state index contributed by atoms with van der Waals surface area (Å²) in [4.78, 5) is 1.76. The highest BCUT2D eigenvalue weighted by Crippen LogP contribution is 2.17. The summed E-state index contributed by atoms with van der Waals surface area (Å²) in [5, 5.41) is 0. The lowest BCUT2D eigenvalue weighted by Crippen LogP contribution is -2.29. The molecule has 0 spiro atoms. The van der Waals surface area contributed by atoms with Gasteiger partial charge in [-0.15, -0.1) is 0 Å². The van der Waals surface area contributed by atoms with Gasteiger partial charge < -0.3 is 10.5 Å². The first-order valence-electron chi connectivity index (χ1n) is 5.49. The average molecular weight is 274 g/mol. The van der Waals surface area contributed by atoms with Crippen LogP contribution in [-0.2, 0) is 0 Å². The molecule has 0 bridgehead atoms. The van der Waals surface area contributed by atoms with Gasteiger partial charge in [0.2, 0.25) is 0 Å². The molecule has 0 saturated heterocycles. The summed E-state index contributed by atoms with van der Waals surface area (Å²) in [7, 11) is 1.62. The third kappa shape index (κ3) is 4.93. The van der Waals surface area contributed by atoms with Crippen LogP contribution in [0.25, 0.3) is 0 Å². The minimum absolute atomic E-state index is 0.256. The first-order chi connectivity index (χ1) is 8.50. The fraction of sp³-hybridized carbons (Fsp3) is 0.417. The number of hydrogen-bond donors (Lipinski definition) is 1. The molecule has 1 aromatic carbocycles. The van der Waals surface area contributed by atoms with Crippen LogP contribution in [-0.4, -0.2) is 43.1 Å². The molecule has 0 amide bonds. The maximum absolute atomic E-state index is 12.1. The number of nitrogens with zero attached hydrogens (tertiary/aromatic N) is 1. The van der Waals surface area contributed by atoms with Crippen molar-refractivity contribution in [3.63, 3.8) is 0 Å². The normalized spacial score (nSPS) is 10.9. The van der Waals surface area contributed by atoms with Crippen LogP contribution in [0.1, 0.15) is 5.56 Å². The molecule has 1 aromatic rings. The number of likely N-dealkylation sites (N-methyl/N-ethyl adjacent to an activating group) is 1. The van der Waals surface area contributed by atoms with Crippen LogP contribution < -0.4 is 10.5 Å². The van der Waals surface area contributed by atoms with Gasteiger partial charge in [-0.1, -0.05) is 24.4 Å². The minimum Gasteiger partial charge on any atom is -0.492 e. The molecule has 2 N–H and O–H groups in total. The maximum Gasteiger partial charge on any atom is 0.251 e. The number of halogens is 2. The molecular weight excluding hydrogens is 258 g/mol. The fourth-order valence-electron chi connectivity index (χ4n) is 1.43. The lowest BCUT2D eigenvalue weighted by molar-refractivity contribution is 0.0935. The molecule has 0 heterocycles. The Hall–Kier alpha value is -1.27. The predicted molar refractivity (Wildman–Crippen MR) is 71.3 cm³/mol. The predicted octanol–water partition coefficient (Wildman–Crippen LogP) is 1.90. The zero-order valence-corrected chi connectivity index (χ0v) is 10.9. The summed E-state index contributed by atoms with van der Waals surface area (Å²) >= 11 is 4.90. The Morgan fingerprint density at radius 1 is 1.44 bits per heavy atom. The van der Waals surface area contributed by atoms with Crippen LogP contribution in [0.3, 0.4) is 0 Å². The van der Waals surface area contributed by atoms with Crippen LogP contribution in [0, 0.1) is 0 Å². The summed E-state index contributed by atoms with van der Waals surface area (Å²) in [5.74, 6) is 0.579. The molecule has 0 aromatic heterocycles. The molecule has 0 saturated carbocycles. The van der Waals surface area contributed by atoms with Crippen molar-refractivity contribution in [1.82, 2.24) is 4.90 Å². The van der Waals surface area contributed by atoms with Crippen molar-refractivity contribution in [3.8, 4) is 5.75 Å². The van der Waals surface area contributed by atoms with Gasteiger partial charge in [0.25, 0.3) is 6.43 Å². The Kier molecular flexibility index (Phi) is 5.94. The second kappa shape index (κ2) is 7.23. The van der Waals surface area contributed by atoms with E-state index in [1.165, 1.54) is 4.90 Å². The van der Waals surface area contributed by atoms with Crippen LogP contribution in [0.5, 0.6) is 5.75 Å². The minimum atomic E-state index is -2.33. The van der Waals surface area contributed by atoms with Gasteiger partial charge in [-0.05, 0) is 19.2 Å². The van der Waals surface area contributed by atoms with E-state index in [9.17, 15) is 8.78 Å².